The first-order valence-electron chi connectivity index (χ1n) is 4.64. The molecule has 2 N–H and O–H groups in total. The maximum atomic E-state index is 11.2. The van der Waals surface area contributed by atoms with Gasteiger partial charge in [-0.2, -0.15) is 0 Å². The van der Waals surface area contributed by atoms with Crippen molar-refractivity contribution in [2.45, 2.75) is 32.2 Å². The molecule has 0 aromatic carbocycles. The molecule has 13 heavy (non-hydrogen) atoms. The minimum atomic E-state index is -3.24. The van der Waals surface area contributed by atoms with Gasteiger partial charge in [0, 0.05) is 6.04 Å². The van der Waals surface area contributed by atoms with E-state index in [0.29, 0.717) is 5.92 Å². The van der Waals surface area contributed by atoms with Crippen LogP contribution in [0.2, 0.25) is 0 Å². The lowest BCUT2D eigenvalue weighted by atomic mass is 10.1. The molecular weight excluding hydrogens is 190 g/mol. The van der Waals surface area contributed by atoms with E-state index in [1.165, 1.54) is 0 Å². The van der Waals surface area contributed by atoms with Crippen LogP contribution in [0.25, 0.3) is 0 Å². The Kier molecular flexibility index (Phi) is 3.70. The summed E-state index contributed by atoms with van der Waals surface area (Å²) in [4.78, 5) is 0. The van der Waals surface area contributed by atoms with Gasteiger partial charge in [0.25, 0.3) is 0 Å². The summed E-state index contributed by atoms with van der Waals surface area (Å²) < 4.78 is 25.0. The summed E-state index contributed by atoms with van der Waals surface area (Å²) in [6.07, 6.45) is 2.93. The molecule has 78 valence electrons. The maximum Gasteiger partial charge on any atom is 0.214 e. The van der Waals surface area contributed by atoms with Crippen LogP contribution < -0.4 is 4.72 Å². The van der Waals surface area contributed by atoms with E-state index in [0.717, 1.165) is 19.3 Å². The second-order valence-corrected chi connectivity index (χ2v) is 5.65. The fourth-order valence-electron chi connectivity index (χ4n) is 1.75. The van der Waals surface area contributed by atoms with Crippen LogP contribution in [0.15, 0.2) is 0 Å². The highest BCUT2D eigenvalue weighted by atomic mass is 32.2. The van der Waals surface area contributed by atoms with E-state index in [-0.39, 0.29) is 18.4 Å². The van der Waals surface area contributed by atoms with Crippen molar-refractivity contribution in [1.82, 2.24) is 4.72 Å². The van der Waals surface area contributed by atoms with Crippen LogP contribution in [0.1, 0.15) is 26.2 Å². The number of aliphatic hydroxyl groups excluding tert-OH is 1. The molecule has 0 aromatic heterocycles. The Morgan fingerprint density at radius 3 is 2.62 bits per heavy atom. The summed E-state index contributed by atoms with van der Waals surface area (Å²) in [5, 5.41) is 8.51. The zero-order valence-corrected chi connectivity index (χ0v) is 8.68. The molecule has 2 unspecified atom stereocenters. The fourth-order valence-corrected chi connectivity index (χ4v) is 2.83. The molecule has 5 heteroatoms. The molecule has 0 aromatic rings. The third kappa shape index (κ3) is 3.62. The molecule has 1 aliphatic carbocycles. The van der Waals surface area contributed by atoms with Gasteiger partial charge >= 0.3 is 0 Å². The standard InChI is InChI=1S/C8H17NO3S/c1-7-2-3-8(6-7)9-13(11,12)5-4-10/h7-10H,2-6H2,1H3. The quantitative estimate of drug-likeness (QED) is 0.686. The number of sulfonamides is 1. The van der Waals surface area contributed by atoms with Gasteiger partial charge in [0.05, 0.1) is 12.4 Å². The molecule has 0 aliphatic heterocycles. The lowest BCUT2D eigenvalue weighted by molar-refractivity contribution is 0.319. The van der Waals surface area contributed by atoms with Crippen molar-refractivity contribution in [3.05, 3.63) is 0 Å². The summed E-state index contributed by atoms with van der Waals surface area (Å²) in [5.41, 5.74) is 0. The van der Waals surface area contributed by atoms with E-state index in [1.807, 2.05) is 0 Å². The minimum absolute atomic E-state index is 0.0894. The van der Waals surface area contributed by atoms with Gasteiger partial charge in [0.15, 0.2) is 0 Å². The summed E-state index contributed by atoms with van der Waals surface area (Å²) >= 11 is 0. The van der Waals surface area contributed by atoms with E-state index in [4.69, 9.17) is 5.11 Å². The van der Waals surface area contributed by atoms with Crippen molar-refractivity contribution >= 4 is 10.0 Å². The molecule has 1 aliphatic rings. The first-order valence-corrected chi connectivity index (χ1v) is 6.29. The van der Waals surface area contributed by atoms with E-state index in [9.17, 15) is 8.42 Å². The summed E-state index contributed by atoms with van der Waals surface area (Å²) in [5.74, 6) is 0.430. The Bertz CT molecular complexity index is 250. The number of hydrogen-bond donors (Lipinski definition) is 2. The zero-order chi connectivity index (χ0) is 9.90. The van der Waals surface area contributed by atoms with Crippen LogP contribution in [0.5, 0.6) is 0 Å². The predicted molar refractivity (Wildman–Crippen MR) is 50.8 cm³/mol. The van der Waals surface area contributed by atoms with Gasteiger partial charge in [-0.3, -0.25) is 0 Å². The van der Waals surface area contributed by atoms with Crippen LogP contribution in [-0.4, -0.2) is 31.9 Å². The molecule has 0 spiro atoms. The molecule has 1 saturated carbocycles. The van der Waals surface area contributed by atoms with Gasteiger partial charge in [-0.1, -0.05) is 6.92 Å². The van der Waals surface area contributed by atoms with E-state index in [1.54, 1.807) is 0 Å². The lowest BCUT2D eigenvalue weighted by Crippen LogP contribution is -2.35. The van der Waals surface area contributed by atoms with Gasteiger partial charge in [-0.25, -0.2) is 13.1 Å². The molecule has 0 saturated heterocycles. The smallest absolute Gasteiger partial charge is 0.214 e. The molecular formula is C8H17NO3S. The predicted octanol–water partition coefficient (Wildman–Crippen LogP) is 0.0867. The van der Waals surface area contributed by atoms with E-state index < -0.39 is 10.0 Å². The summed E-state index contributed by atoms with van der Waals surface area (Å²) in [6.45, 7) is 1.82. The van der Waals surface area contributed by atoms with E-state index >= 15 is 0 Å². The van der Waals surface area contributed by atoms with Crippen LogP contribution in [0, 0.1) is 5.92 Å². The van der Waals surface area contributed by atoms with Gasteiger partial charge in [-0.15, -0.1) is 0 Å². The maximum absolute atomic E-state index is 11.2. The third-order valence-electron chi connectivity index (χ3n) is 2.40. The monoisotopic (exact) mass is 207 g/mol. The van der Waals surface area contributed by atoms with Crippen LogP contribution in [0.3, 0.4) is 0 Å². The van der Waals surface area contributed by atoms with Crippen molar-refractivity contribution in [2.75, 3.05) is 12.4 Å². The van der Waals surface area contributed by atoms with Crippen molar-refractivity contribution in [3.8, 4) is 0 Å². The summed E-state index contributed by atoms with van der Waals surface area (Å²) in [6, 6.07) is 0.0894. The van der Waals surface area contributed by atoms with Gasteiger partial charge < -0.3 is 5.11 Å². The van der Waals surface area contributed by atoms with Crippen molar-refractivity contribution in [2.24, 2.45) is 5.92 Å². The average Bonchev–Trinajstić information content (AvgIpc) is 2.34. The summed E-state index contributed by atoms with van der Waals surface area (Å²) in [7, 11) is -3.24. The molecule has 2 atom stereocenters. The van der Waals surface area contributed by atoms with Crippen LogP contribution in [-0.2, 0) is 10.0 Å². The number of hydrogen-bond acceptors (Lipinski definition) is 3. The highest BCUT2D eigenvalue weighted by molar-refractivity contribution is 7.89. The second-order valence-electron chi connectivity index (χ2n) is 3.78. The third-order valence-corrected chi connectivity index (χ3v) is 3.81. The lowest BCUT2D eigenvalue weighted by Gasteiger charge is -2.11. The fraction of sp³-hybridized carbons (Fsp3) is 1.00. The minimum Gasteiger partial charge on any atom is -0.395 e. The SMILES string of the molecule is CC1CCC(NS(=O)(=O)CCO)C1. The van der Waals surface area contributed by atoms with E-state index in [2.05, 4.69) is 11.6 Å². The van der Waals surface area contributed by atoms with Gasteiger partial charge in [-0.05, 0) is 25.2 Å². The normalized spacial score (nSPS) is 29.4. The van der Waals surface area contributed by atoms with Crippen LogP contribution >= 0.6 is 0 Å². The molecule has 0 amide bonds. The first-order chi connectivity index (χ1) is 6.03. The first kappa shape index (κ1) is 10.9. The van der Waals surface area contributed by atoms with Crippen molar-refractivity contribution in [3.63, 3.8) is 0 Å². The Morgan fingerprint density at radius 1 is 1.46 bits per heavy atom. The molecule has 0 heterocycles. The number of rotatable bonds is 4. The van der Waals surface area contributed by atoms with Gasteiger partial charge in [0.2, 0.25) is 10.0 Å². The molecule has 1 fully saturated rings. The highest BCUT2D eigenvalue weighted by Crippen LogP contribution is 2.24. The van der Waals surface area contributed by atoms with Gasteiger partial charge in [0.1, 0.15) is 0 Å². The van der Waals surface area contributed by atoms with Crippen molar-refractivity contribution in [1.29, 1.82) is 0 Å². The Balaban J connectivity index is 2.40. The Labute approximate surface area is 79.4 Å². The topological polar surface area (TPSA) is 66.4 Å². The molecule has 0 radical (unpaired) electrons. The number of aliphatic hydroxyl groups is 1. The highest BCUT2D eigenvalue weighted by Gasteiger charge is 2.24. The van der Waals surface area contributed by atoms with Crippen LogP contribution in [0.4, 0.5) is 0 Å². The molecule has 0 bridgehead atoms. The average molecular weight is 207 g/mol. The Hall–Kier alpha value is -0.130. The number of nitrogens with one attached hydrogen (secondary N) is 1. The molecule has 1 rings (SSSR count). The Morgan fingerprint density at radius 2 is 2.15 bits per heavy atom. The second kappa shape index (κ2) is 4.39. The van der Waals surface area contributed by atoms with Crippen molar-refractivity contribution < 1.29 is 13.5 Å². The zero-order valence-electron chi connectivity index (χ0n) is 7.86. The molecule has 4 nitrogen and oxygen atoms in total. The largest absolute Gasteiger partial charge is 0.395 e.